The second kappa shape index (κ2) is 9.09. The smallest absolute Gasteiger partial charge is 0.158 e. The van der Waals surface area contributed by atoms with Gasteiger partial charge in [0.1, 0.15) is 6.33 Å². The molecule has 8 heteroatoms. The molecule has 184 valence electrons. The van der Waals surface area contributed by atoms with E-state index in [1.54, 1.807) is 6.33 Å². The number of aromatic amines is 1. The number of hydrogen-bond donors (Lipinski definition) is 2. The highest BCUT2D eigenvalue weighted by Gasteiger charge is 2.24. The van der Waals surface area contributed by atoms with Gasteiger partial charge in [-0.1, -0.05) is 26.0 Å². The monoisotopic (exact) mass is 473 g/mol. The van der Waals surface area contributed by atoms with Gasteiger partial charge < -0.3 is 10.0 Å². The molecule has 1 aliphatic heterocycles. The molecule has 4 aromatic rings. The van der Waals surface area contributed by atoms with Gasteiger partial charge in [-0.15, -0.1) is 0 Å². The number of pyridine rings is 1. The van der Waals surface area contributed by atoms with Crippen molar-refractivity contribution in [3.63, 3.8) is 0 Å². The van der Waals surface area contributed by atoms with Gasteiger partial charge in [0.2, 0.25) is 0 Å². The number of fused-ring (bicyclic) bond motifs is 1. The summed E-state index contributed by atoms with van der Waals surface area (Å²) in [7, 11) is 0. The average Bonchev–Trinajstić information content (AvgIpc) is 3.46. The zero-order valence-corrected chi connectivity index (χ0v) is 21.3. The molecule has 0 atom stereocenters. The average molecular weight is 474 g/mol. The normalized spacial score (nSPS) is 15.5. The maximum Gasteiger partial charge on any atom is 0.158 e. The number of aliphatic hydroxyl groups is 1. The first kappa shape index (κ1) is 23.5. The van der Waals surface area contributed by atoms with E-state index in [4.69, 9.17) is 5.10 Å². The third-order valence-corrected chi connectivity index (χ3v) is 6.72. The van der Waals surface area contributed by atoms with Crippen LogP contribution in [-0.2, 0) is 0 Å². The largest absolute Gasteiger partial charge is 0.389 e. The summed E-state index contributed by atoms with van der Waals surface area (Å²) < 4.78 is 1.82. The van der Waals surface area contributed by atoms with Crippen LogP contribution >= 0.6 is 0 Å². The number of nitrogens with zero attached hydrogens (tertiary/aromatic N) is 6. The van der Waals surface area contributed by atoms with Crippen LogP contribution in [0.15, 0.2) is 42.9 Å². The highest BCUT2D eigenvalue weighted by molar-refractivity contribution is 5.76. The van der Waals surface area contributed by atoms with Crippen molar-refractivity contribution in [1.29, 1.82) is 0 Å². The molecule has 0 radical (unpaired) electrons. The molecule has 0 unspecified atom stereocenters. The van der Waals surface area contributed by atoms with Gasteiger partial charge in [0.25, 0.3) is 0 Å². The summed E-state index contributed by atoms with van der Waals surface area (Å²) in [6.45, 7) is 14.8. The topological polar surface area (TPSA) is 85.6 Å². The van der Waals surface area contributed by atoms with Crippen molar-refractivity contribution in [3.05, 3.63) is 54.0 Å². The lowest BCUT2D eigenvalue weighted by Crippen LogP contribution is -2.50. The lowest BCUT2D eigenvalue weighted by molar-refractivity contribution is 0.0345. The van der Waals surface area contributed by atoms with Crippen LogP contribution in [0.25, 0.3) is 28.2 Å². The van der Waals surface area contributed by atoms with Gasteiger partial charge in [-0.25, -0.2) is 9.50 Å². The number of aryl methyl sites for hydroxylation is 1. The quantitative estimate of drug-likeness (QED) is 0.438. The fraction of sp³-hybridized carbons (Fsp3) is 0.444. The van der Waals surface area contributed by atoms with Gasteiger partial charge >= 0.3 is 0 Å². The Bertz CT molecular complexity index is 1310. The Balaban J connectivity index is 1.38. The van der Waals surface area contributed by atoms with Gasteiger partial charge in [-0.2, -0.15) is 10.2 Å². The minimum absolute atomic E-state index is 0.300. The van der Waals surface area contributed by atoms with E-state index in [2.05, 4.69) is 76.1 Å². The van der Waals surface area contributed by atoms with Crippen molar-refractivity contribution in [2.24, 2.45) is 0 Å². The summed E-state index contributed by atoms with van der Waals surface area (Å²) >= 11 is 0. The van der Waals surface area contributed by atoms with Crippen LogP contribution in [0.4, 0.5) is 5.69 Å². The molecular formula is C27H35N7O. The van der Waals surface area contributed by atoms with Crippen molar-refractivity contribution in [2.45, 2.75) is 46.1 Å². The zero-order valence-electron chi connectivity index (χ0n) is 21.3. The molecule has 0 saturated carbocycles. The van der Waals surface area contributed by atoms with Crippen LogP contribution in [0, 0.1) is 6.92 Å². The molecule has 1 fully saturated rings. The zero-order chi connectivity index (χ0) is 24.7. The Morgan fingerprint density at radius 2 is 1.77 bits per heavy atom. The predicted molar refractivity (Wildman–Crippen MR) is 140 cm³/mol. The van der Waals surface area contributed by atoms with Crippen molar-refractivity contribution in [2.75, 3.05) is 37.6 Å². The number of H-pyrrole nitrogens is 1. The van der Waals surface area contributed by atoms with Crippen LogP contribution in [0.5, 0.6) is 0 Å². The number of hydrogen-bond acceptors (Lipinski definition) is 6. The molecular weight excluding hydrogens is 438 g/mol. The molecule has 1 saturated heterocycles. The van der Waals surface area contributed by atoms with Crippen molar-refractivity contribution >= 4 is 11.3 Å². The number of rotatable bonds is 6. The van der Waals surface area contributed by atoms with Gasteiger partial charge in [0.05, 0.1) is 17.0 Å². The number of benzene rings is 1. The van der Waals surface area contributed by atoms with Crippen LogP contribution in [-0.4, -0.2) is 73.1 Å². The Hall–Kier alpha value is -3.23. The maximum absolute atomic E-state index is 10.1. The minimum atomic E-state index is -0.652. The van der Waals surface area contributed by atoms with Crippen molar-refractivity contribution in [3.8, 4) is 22.5 Å². The Kier molecular flexibility index (Phi) is 6.11. The lowest BCUT2D eigenvalue weighted by atomic mass is 9.94. The first-order valence-corrected chi connectivity index (χ1v) is 12.4. The van der Waals surface area contributed by atoms with Crippen LogP contribution in [0.2, 0.25) is 0 Å². The highest BCUT2D eigenvalue weighted by atomic mass is 16.3. The second-order valence-corrected chi connectivity index (χ2v) is 10.6. The van der Waals surface area contributed by atoms with Crippen LogP contribution in [0.1, 0.15) is 44.7 Å². The van der Waals surface area contributed by atoms with Gasteiger partial charge in [-0.3, -0.25) is 10.00 Å². The molecule has 0 bridgehead atoms. The molecule has 0 aliphatic carbocycles. The molecule has 3 aromatic heterocycles. The van der Waals surface area contributed by atoms with Gasteiger partial charge in [-0.05, 0) is 56.0 Å². The molecule has 35 heavy (non-hydrogen) atoms. The van der Waals surface area contributed by atoms with E-state index in [0.717, 1.165) is 59.9 Å². The SMILES string of the molecule is Cc1cc(-c2n[nH]c(-c3ccc(N4CCN(CC(C)(C)O)CC4)cc3)c2C(C)C)cn2ncnc12. The second-order valence-electron chi connectivity index (χ2n) is 10.6. The Morgan fingerprint density at radius 3 is 2.43 bits per heavy atom. The minimum Gasteiger partial charge on any atom is -0.389 e. The van der Waals surface area contributed by atoms with Crippen molar-refractivity contribution in [1.82, 2.24) is 29.7 Å². The van der Waals surface area contributed by atoms with E-state index in [9.17, 15) is 5.11 Å². The first-order chi connectivity index (χ1) is 16.7. The molecule has 8 nitrogen and oxygen atoms in total. The van der Waals surface area contributed by atoms with E-state index in [1.165, 1.54) is 11.3 Å². The first-order valence-electron chi connectivity index (χ1n) is 12.4. The number of β-amino-alcohol motifs (C(OH)–C–C–N with tert-alkyl or cyclic N) is 1. The molecule has 4 heterocycles. The third-order valence-electron chi connectivity index (χ3n) is 6.72. The summed E-state index contributed by atoms with van der Waals surface area (Å²) in [5.41, 5.74) is 7.92. The lowest BCUT2D eigenvalue weighted by Gasteiger charge is -2.38. The number of nitrogens with one attached hydrogen (secondary N) is 1. The highest BCUT2D eigenvalue weighted by Crippen LogP contribution is 2.36. The number of piperazine rings is 1. The van der Waals surface area contributed by atoms with Crippen molar-refractivity contribution < 1.29 is 5.11 Å². The summed E-state index contributed by atoms with van der Waals surface area (Å²) in [4.78, 5) is 9.09. The molecule has 1 aromatic carbocycles. The number of aromatic nitrogens is 5. The molecule has 1 aliphatic rings. The Morgan fingerprint density at radius 1 is 1.06 bits per heavy atom. The summed E-state index contributed by atoms with van der Waals surface area (Å²) in [5, 5.41) is 22.5. The maximum atomic E-state index is 10.1. The summed E-state index contributed by atoms with van der Waals surface area (Å²) in [5.74, 6) is 0.300. The van der Waals surface area contributed by atoms with Crippen LogP contribution < -0.4 is 4.90 Å². The molecule has 5 rings (SSSR count). The predicted octanol–water partition coefficient (Wildman–Crippen LogP) is 4.11. The fourth-order valence-electron chi connectivity index (χ4n) is 5.13. The fourth-order valence-corrected chi connectivity index (χ4v) is 5.13. The third kappa shape index (κ3) is 4.81. The van der Waals surface area contributed by atoms with E-state index >= 15 is 0 Å². The van der Waals surface area contributed by atoms with Crippen LogP contribution in [0.3, 0.4) is 0 Å². The summed E-state index contributed by atoms with van der Waals surface area (Å²) in [6, 6.07) is 10.9. The van der Waals surface area contributed by atoms with Gasteiger partial charge in [0.15, 0.2) is 5.65 Å². The van der Waals surface area contributed by atoms with E-state index < -0.39 is 5.60 Å². The Labute approximate surface area is 206 Å². The van der Waals surface area contributed by atoms with E-state index in [0.29, 0.717) is 12.5 Å². The molecule has 0 amide bonds. The number of anilines is 1. The molecule has 2 N–H and O–H groups in total. The van der Waals surface area contributed by atoms with E-state index in [1.807, 2.05) is 24.6 Å². The van der Waals surface area contributed by atoms with E-state index in [-0.39, 0.29) is 0 Å². The summed E-state index contributed by atoms with van der Waals surface area (Å²) in [6.07, 6.45) is 3.59. The van der Waals surface area contributed by atoms with Gasteiger partial charge in [0, 0.05) is 55.7 Å². The standard InChI is InChI=1S/C27H35N7O/c1-18(2)23-24(30-31-25(23)21-14-19(3)26-28-17-29-34(26)15-21)20-6-8-22(9-7-20)33-12-10-32(11-13-33)16-27(4,5)35/h6-9,14-15,17-18,35H,10-13,16H2,1-5H3,(H,30,31). The molecule has 0 spiro atoms.